The highest BCUT2D eigenvalue weighted by Crippen LogP contribution is 2.15. The lowest BCUT2D eigenvalue weighted by Gasteiger charge is -2.33. The quantitative estimate of drug-likeness (QED) is 0.633. The summed E-state index contributed by atoms with van der Waals surface area (Å²) in [6, 6.07) is 0.646. The summed E-state index contributed by atoms with van der Waals surface area (Å²) in [6.45, 7) is 8.45. The summed E-state index contributed by atoms with van der Waals surface area (Å²) in [5.41, 5.74) is 0. The van der Waals surface area contributed by atoms with Crippen molar-refractivity contribution in [2.45, 2.75) is 32.2 Å². The van der Waals surface area contributed by atoms with Gasteiger partial charge in [0.15, 0.2) is 0 Å². The van der Waals surface area contributed by atoms with Crippen LogP contribution in [-0.2, 0) is 9.47 Å². The monoisotopic (exact) mass is 258 g/mol. The van der Waals surface area contributed by atoms with E-state index in [1.807, 2.05) is 0 Å². The molecule has 2 unspecified atom stereocenters. The summed E-state index contributed by atoms with van der Waals surface area (Å²) in [7, 11) is 3.54. The third-order valence-electron chi connectivity index (χ3n) is 3.67. The normalized spacial score (nSPS) is 24.7. The highest BCUT2D eigenvalue weighted by atomic mass is 16.5. The van der Waals surface area contributed by atoms with E-state index in [2.05, 4.69) is 17.1 Å². The molecular weight excluding hydrogens is 228 g/mol. The molecule has 4 nitrogen and oxygen atoms in total. The molecule has 2 atom stereocenters. The van der Waals surface area contributed by atoms with Gasteiger partial charge < -0.3 is 14.8 Å². The van der Waals surface area contributed by atoms with Crippen molar-refractivity contribution in [3.05, 3.63) is 0 Å². The highest BCUT2D eigenvalue weighted by Gasteiger charge is 2.20. The van der Waals surface area contributed by atoms with E-state index in [0.717, 1.165) is 45.2 Å². The van der Waals surface area contributed by atoms with Crippen LogP contribution in [0.3, 0.4) is 0 Å². The van der Waals surface area contributed by atoms with Crippen molar-refractivity contribution in [3.63, 3.8) is 0 Å². The van der Waals surface area contributed by atoms with Gasteiger partial charge in [-0.25, -0.2) is 0 Å². The first-order valence-corrected chi connectivity index (χ1v) is 7.20. The summed E-state index contributed by atoms with van der Waals surface area (Å²) in [4.78, 5) is 2.50. The summed E-state index contributed by atoms with van der Waals surface area (Å²) < 4.78 is 10.3. The fraction of sp³-hybridized carbons (Fsp3) is 1.00. The van der Waals surface area contributed by atoms with E-state index in [1.165, 1.54) is 19.4 Å². The first-order chi connectivity index (χ1) is 8.76. The molecule has 0 radical (unpaired) electrons. The molecule has 0 aromatic heterocycles. The fourth-order valence-electron chi connectivity index (χ4n) is 2.62. The van der Waals surface area contributed by atoms with Gasteiger partial charge in [-0.2, -0.15) is 0 Å². The Kier molecular flexibility index (Phi) is 8.59. The zero-order valence-corrected chi connectivity index (χ0v) is 12.3. The predicted octanol–water partition coefficient (Wildman–Crippen LogP) is 1.36. The smallest absolute Gasteiger partial charge is 0.0589 e. The number of methoxy groups -OCH3 is 2. The van der Waals surface area contributed by atoms with Crippen LogP contribution in [0.4, 0.5) is 0 Å². The molecule has 0 saturated carbocycles. The van der Waals surface area contributed by atoms with Gasteiger partial charge in [-0.3, -0.25) is 4.90 Å². The van der Waals surface area contributed by atoms with Crippen LogP contribution in [0.15, 0.2) is 0 Å². The van der Waals surface area contributed by atoms with Gasteiger partial charge in [0, 0.05) is 46.5 Å². The molecule has 0 aromatic rings. The molecular formula is C14H30N2O2. The topological polar surface area (TPSA) is 33.7 Å². The molecule has 1 N–H and O–H groups in total. The maximum absolute atomic E-state index is 5.20. The van der Waals surface area contributed by atoms with Gasteiger partial charge in [-0.05, 0) is 31.7 Å². The maximum atomic E-state index is 5.20. The zero-order valence-electron chi connectivity index (χ0n) is 12.3. The van der Waals surface area contributed by atoms with Crippen molar-refractivity contribution in [2.24, 2.45) is 5.92 Å². The number of nitrogens with one attached hydrogen (secondary N) is 1. The molecule has 4 heteroatoms. The molecule has 1 rings (SSSR count). The summed E-state index contributed by atoms with van der Waals surface area (Å²) in [5, 5.41) is 3.63. The Morgan fingerprint density at radius 2 is 1.94 bits per heavy atom. The minimum atomic E-state index is 0.646. The lowest BCUT2D eigenvalue weighted by molar-refractivity contribution is 0.120. The third-order valence-corrected chi connectivity index (χ3v) is 3.67. The summed E-state index contributed by atoms with van der Waals surface area (Å²) in [6.07, 6.45) is 3.72. The van der Waals surface area contributed by atoms with E-state index in [4.69, 9.17) is 9.47 Å². The molecule has 0 amide bonds. The van der Waals surface area contributed by atoms with E-state index < -0.39 is 0 Å². The lowest BCUT2D eigenvalue weighted by Crippen LogP contribution is -2.46. The standard InChI is InChI=1S/C14H30N2O2/c1-13-5-6-15-14(11-13)12-16(8-10-18-3)7-4-9-17-2/h13-15H,4-12H2,1-3H3. The van der Waals surface area contributed by atoms with Crippen molar-refractivity contribution < 1.29 is 9.47 Å². The molecule has 1 aliphatic rings. The highest BCUT2D eigenvalue weighted by molar-refractivity contribution is 4.79. The Morgan fingerprint density at radius 3 is 2.61 bits per heavy atom. The van der Waals surface area contributed by atoms with Gasteiger partial charge >= 0.3 is 0 Å². The van der Waals surface area contributed by atoms with Crippen LogP contribution in [0.1, 0.15) is 26.2 Å². The second-order valence-electron chi connectivity index (χ2n) is 5.42. The van der Waals surface area contributed by atoms with Crippen molar-refractivity contribution in [1.29, 1.82) is 0 Å². The second-order valence-corrected chi connectivity index (χ2v) is 5.42. The largest absolute Gasteiger partial charge is 0.385 e. The Hall–Kier alpha value is -0.160. The van der Waals surface area contributed by atoms with Crippen molar-refractivity contribution >= 4 is 0 Å². The van der Waals surface area contributed by atoms with Crippen LogP contribution in [0, 0.1) is 5.92 Å². The molecule has 1 heterocycles. The van der Waals surface area contributed by atoms with Gasteiger partial charge in [0.1, 0.15) is 0 Å². The third kappa shape index (κ3) is 6.69. The van der Waals surface area contributed by atoms with E-state index in [-0.39, 0.29) is 0 Å². The van der Waals surface area contributed by atoms with Crippen molar-refractivity contribution in [2.75, 3.05) is 53.6 Å². The molecule has 0 spiro atoms. The van der Waals surface area contributed by atoms with Crippen LogP contribution in [0.2, 0.25) is 0 Å². The molecule has 0 aliphatic carbocycles. The van der Waals surface area contributed by atoms with E-state index in [1.54, 1.807) is 14.2 Å². The summed E-state index contributed by atoms with van der Waals surface area (Å²) >= 11 is 0. The van der Waals surface area contributed by atoms with Crippen LogP contribution >= 0.6 is 0 Å². The Bertz CT molecular complexity index is 202. The molecule has 1 saturated heterocycles. The predicted molar refractivity (Wildman–Crippen MR) is 75.0 cm³/mol. The van der Waals surface area contributed by atoms with Crippen LogP contribution in [0.25, 0.3) is 0 Å². The van der Waals surface area contributed by atoms with Crippen molar-refractivity contribution in [1.82, 2.24) is 10.2 Å². The van der Waals surface area contributed by atoms with E-state index >= 15 is 0 Å². The number of piperidine rings is 1. The first kappa shape index (κ1) is 15.9. The molecule has 0 bridgehead atoms. The van der Waals surface area contributed by atoms with Gasteiger partial charge in [0.05, 0.1) is 6.61 Å². The molecule has 0 aromatic carbocycles. The zero-order chi connectivity index (χ0) is 13.2. The number of ether oxygens (including phenoxy) is 2. The van der Waals surface area contributed by atoms with Crippen LogP contribution < -0.4 is 5.32 Å². The van der Waals surface area contributed by atoms with Gasteiger partial charge in [0.2, 0.25) is 0 Å². The molecule has 1 aliphatic heterocycles. The van der Waals surface area contributed by atoms with Gasteiger partial charge in [0.25, 0.3) is 0 Å². The SMILES string of the molecule is COCCCN(CCOC)CC1CC(C)CCN1. The van der Waals surface area contributed by atoms with E-state index in [0.29, 0.717) is 6.04 Å². The Morgan fingerprint density at radius 1 is 1.17 bits per heavy atom. The fourth-order valence-corrected chi connectivity index (χ4v) is 2.62. The Labute approximate surface area is 112 Å². The summed E-state index contributed by atoms with van der Waals surface area (Å²) in [5.74, 6) is 0.861. The Balaban J connectivity index is 2.28. The average Bonchev–Trinajstić information content (AvgIpc) is 2.36. The minimum Gasteiger partial charge on any atom is -0.385 e. The van der Waals surface area contributed by atoms with Crippen molar-refractivity contribution in [3.8, 4) is 0 Å². The lowest BCUT2D eigenvalue weighted by atomic mass is 9.94. The number of nitrogens with zero attached hydrogens (tertiary/aromatic N) is 1. The molecule has 1 fully saturated rings. The number of hydrogen-bond acceptors (Lipinski definition) is 4. The number of hydrogen-bond donors (Lipinski definition) is 1. The second kappa shape index (κ2) is 9.73. The number of rotatable bonds is 9. The van der Waals surface area contributed by atoms with Gasteiger partial charge in [-0.1, -0.05) is 6.92 Å². The van der Waals surface area contributed by atoms with E-state index in [9.17, 15) is 0 Å². The average molecular weight is 258 g/mol. The van der Waals surface area contributed by atoms with Crippen LogP contribution in [-0.4, -0.2) is 64.6 Å². The molecule has 18 heavy (non-hydrogen) atoms. The minimum absolute atomic E-state index is 0.646. The molecule has 108 valence electrons. The first-order valence-electron chi connectivity index (χ1n) is 7.20. The van der Waals surface area contributed by atoms with Crippen LogP contribution in [0.5, 0.6) is 0 Å². The van der Waals surface area contributed by atoms with Gasteiger partial charge in [-0.15, -0.1) is 0 Å². The maximum Gasteiger partial charge on any atom is 0.0589 e.